The second-order valence-electron chi connectivity index (χ2n) is 6.52. The first-order chi connectivity index (χ1) is 13.1. The van der Waals surface area contributed by atoms with E-state index in [0.717, 1.165) is 46.1 Å². The predicted molar refractivity (Wildman–Crippen MR) is 105 cm³/mol. The Bertz CT molecular complexity index is 1070. The Morgan fingerprint density at radius 1 is 1.04 bits per heavy atom. The molecule has 1 fully saturated rings. The van der Waals surface area contributed by atoms with Gasteiger partial charge in [-0.05, 0) is 41.7 Å². The monoisotopic (exact) mass is 382 g/mol. The molecule has 138 valence electrons. The number of carbonyl (C=O) groups excluding carboxylic acids is 1. The number of fused-ring (bicyclic) bond motifs is 1. The third-order valence-corrected chi connectivity index (χ3v) is 5.11. The smallest absolute Gasteiger partial charge is 0.212 e. The fourth-order valence-corrected chi connectivity index (χ4v) is 3.48. The number of thiol groups is 1. The first kappa shape index (κ1) is 17.4. The molecule has 1 heterocycles. The van der Waals surface area contributed by atoms with Gasteiger partial charge in [-0.2, -0.15) is 0 Å². The summed E-state index contributed by atoms with van der Waals surface area (Å²) in [4.78, 5) is 10.9. The van der Waals surface area contributed by atoms with Gasteiger partial charge in [0.05, 0.1) is 17.0 Å². The van der Waals surface area contributed by atoms with Crippen molar-refractivity contribution in [2.24, 2.45) is 0 Å². The molecular weight excluding hydrogens is 364 g/mol. The van der Waals surface area contributed by atoms with Crippen LogP contribution < -0.4 is 10.6 Å². The van der Waals surface area contributed by atoms with Gasteiger partial charge in [0.2, 0.25) is 6.41 Å². The van der Waals surface area contributed by atoms with E-state index in [4.69, 9.17) is 0 Å². The second-order valence-corrected chi connectivity index (χ2v) is 7.51. The lowest BCUT2D eigenvalue weighted by Crippen LogP contribution is -2.09. The van der Waals surface area contributed by atoms with Crippen molar-refractivity contribution in [2.45, 2.75) is 24.6 Å². The number of anilines is 2. The maximum Gasteiger partial charge on any atom is 0.212 e. The average Bonchev–Trinajstić information content (AvgIpc) is 3.48. The molecule has 0 unspecified atom stereocenters. The van der Waals surface area contributed by atoms with E-state index in [2.05, 4.69) is 20.8 Å². The molecule has 8 heteroatoms. The zero-order valence-corrected chi connectivity index (χ0v) is 15.3. The normalized spacial score (nSPS) is 13.7. The van der Waals surface area contributed by atoms with Crippen molar-refractivity contribution in [2.75, 3.05) is 10.6 Å². The fourth-order valence-electron chi connectivity index (χ4n) is 2.97. The SMILES string of the molecule is O=CNc1nnc2cc(-c3ccc(C[SH](=O)=O)cc3)ccc2c1NC1CC1. The number of hydrogen-bond donors (Lipinski definition) is 3. The summed E-state index contributed by atoms with van der Waals surface area (Å²) in [6.07, 6.45) is 2.80. The van der Waals surface area contributed by atoms with Crippen molar-refractivity contribution in [3.05, 3.63) is 48.0 Å². The summed E-state index contributed by atoms with van der Waals surface area (Å²) in [5, 5.41) is 15.3. The average molecular weight is 382 g/mol. The van der Waals surface area contributed by atoms with Crippen LogP contribution in [0.15, 0.2) is 42.5 Å². The lowest BCUT2D eigenvalue weighted by molar-refractivity contribution is -0.105. The van der Waals surface area contributed by atoms with Gasteiger partial charge in [0.1, 0.15) is 10.7 Å². The summed E-state index contributed by atoms with van der Waals surface area (Å²) in [7, 11) is -2.43. The number of hydrogen-bond acceptors (Lipinski definition) is 6. The zero-order chi connectivity index (χ0) is 18.8. The van der Waals surface area contributed by atoms with Crippen LogP contribution >= 0.6 is 0 Å². The minimum Gasteiger partial charge on any atom is -0.379 e. The van der Waals surface area contributed by atoms with Crippen molar-refractivity contribution in [3.63, 3.8) is 0 Å². The molecule has 3 aromatic rings. The largest absolute Gasteiger partial charge is 0.379 e. The highest BCUT2D eigenvalue weighted by Gasteiger charge is 2.24. The Balaban J connectivity index is 1.71. The van der Waals surface area contributed by atoms with Crippen LogP contribution in [-0.4, -0.2) is 31.1 Å². The van der Waals surface area contributed by atoms with E-state index in [1.165, 1.54) is 0 Å². The van der Waals surface area contributed by atoms with Crippen LogP contribution in [0, 0.1) is 0 Å². The molecule has 1 saturated carbocycles. The summed E-state index contributed by atoms with van der Waals surface area (Å²) in [5.41, 5.74) is 4.20. The first-order valence-electron chi connectivity index (χ1n) is 8.62. The summed E-state index contributed by atoms with van der Waals surface area (Å²) in [6, 6.07) is 13.7. The Morgan fingerprint density at radius 2 is 1.78 bits per heavy atom. The Morgan fingerprint density at radius 3 is 2.44 bits per heavy atom. The maximum absolute atomic E-state index is 10.9. The molecule has 0 aliphatic heterocycles. The van der Waals surface area contributed by atoms with Crippen molar-refractivity contribution in [1.29, 1.82) is 0 Å². The zero-order valence-electron chi connectivity index (χ0n) is 14.4. The molecule has 1 amide bonds. The van der Waals surface area contributed by atoms with Crippen LogP contribution in [0.1, 0.15) is 18.4 Å². The van der Waals surface area contributed by atoms with Crippen LogP contribution in [0.2, 0.25) is 0 Å². The Kier molecular flexibility index (Phi) is 4.72. The quantitative estimate of drug-likeness (QED) is 0.429. The van der Waals surface area contributed by atoms with Crippen LogP contribution in [0.3, 0.4) is 0 Å². The number of nitrogens with one attached hydrogen (secondary N) is 2. The maximum atomic E-state index is 10.9. The van der Waals surface area contributed by atoms with Crippen molar-refractivity contribution < 1.29 is 13.2 Å². The minimum absolute atomic E-state index is 0.0432. The van der Waals surface area contributed by atoms with E-state index >= 15 is 0 Å². The first-order valence-corrected chi connectivity index (χ1v) is 9.98. The molecular formula is C19H18N4O3S. The summed E-state index contributed by atoms with van der Waals surface area (Å²) < 4.78 is 21.7. The van der Waals surface area contributed by atoms with Crippen molar-refractivity contribution in [1.82, 2.24) is 10.2 Å². The van der Waals surface area contributed by atoms with Crippen LogP contribution in [0.4, 0.5) is 11.5 Å². The van der Waals surface area contributed by atoms with Crippen LogP contribution in [0.5, 0.6) is 0 Å². The molecule has 0 radical (unpaired) electrons. The van der Waals surface area contributed by atoms with Gasteiger partial charge in [0, 0.05) is 11.4 Å². The highest BCUT2D eigenvalue weighted by molar-refractivity contribution is 7.71. The van der Waals surface area contributed by atoms with E-state index in [1.54, 1.807) is 0 Å². The fraction of sp³-hybridized carbons (Fsp3) is 0.211. The van der Waals surface area contributed by atoms with Crippen molar-refractivity contribution >= 4 is 39.5 Å². The van der Waals surface area contributed by atoms with E-state index in [0.29, 0.717) is 18.3 Å². The van der Waals surface area contributed by atoms with E-state index in [-0.39, 0.29) is 5.75 Å². The molecule has 1 aromatic heterocycles. The molecule has 27 heavy (non-hydrogen) atoms. The van der Waals surface area contributed by atoms with Crippen LogP contribution in [-0.2, 0) is 21.3 Å². The molecule has 2 aromatic carbocycles. The van der Waals surface area contributed by atoms with Crippen molar-refractivity contribution in [3.8, 4) is 11.1 Å². The molecule has 0 saturated heterocycles. The molecule has 7 nitrogen and oxygen atoms in total. The standard InChI is InChI=1S/C19H18N4O3S/c24-11-20-19-18(21-15-6-7-15)16-8-5-14(9-17(16)22-23-19)13-3-1-12(2-4-13)10-27(25)26/h1-5,8-9,11,15,27H,6-7,10H2,(H,21,22)(H,20,23,24). The number of rotatable bonds is 7. The highest BCUT2D eigenvalue weighted by Crippen LogP contribution is 2.34. The van der Waals surface area contributed by atoms with Gasteiger partial charge in [-0.15, -0.1) is 10.2 Å². The van der Waals surface area contributed by atoms with Gasteiger partial charge >= 0.3 is 0 Å². The van der Waals surface area contributed by atoms with Crippen LogP contribution in [0.25, 0.3) is 22.0 Å². The number of nitrogens with zero attached hydrogens (tertiary/aromatic N) is 2. The van der Waals surface area contributed by atoms with Gasteiger partial charge < -0.3 is 10.6 Å². The molecule has 1 aliphatic rings. The predicted octanol–water partition coefficient (Wildman–Crippen LogP) is 2.55. The Labute approximate surface area is 157 Å². The van der Waals surface area contributed by atoms with Gasteiger partial charge in [0.15, 0.2) is 5.82 Å². The van der Waals surface area contributed by atoms with E-state index in [9.17, 15) is 13.2 Å². The molecule has 4 rings (SSSR count). The number of amides is 1. The highest BCUT2D eigenvalue weighted by atomic mass is 32.2. The Hall–Kier alpha value is -3.00. The van der Waals surface area contributed by atoms with Gasteiger partial charge in [-0.1, -0.05) is 30.3 Å². The van der Waals surface area contributed by atoms with E-state index < -0.39 is 10.7 Å². The molecule has 2 N–H and O–H groups in total. The summed E-state index contributed by atoms with van der Waals surface area (Å²) in [6.45, 7) is 0. The number of carbonyl (C=O) groups is 1. The number of aromatic nitrogens is 2. The molecule has 0 atom stereocenters. The molecule has 0 spiro atoms. The molecule has 0 bridgehead atoms. The van der Waals surface area contributed by atoms with Gasteiger partial charge in [-0.3, -0.25) is 4.79 Å². The van der Waals surface area contributed by atoms with Gasteiger partial charge in [-0.25, -0.2) is 8.42 Å². The number of benzene rings is 2. The lowest BCUT2D eigenvalue weighted by Gasteiger charge is -2.13. The van der Waals surface area contributed by atoms with E-state index in [1.807, 2.05) is 42.5 Å². The topological polar surface area (TPSA) is 101 Å². The third kappa shape index (κ3) is 3.90. The summed E-state index contributed by atoms with van der Waals surface area (Å²) >= 11 is 0. The minimum atomic E-state index is -2.43. The van der Waals surface area contributed by atoms with Gasteiger partial charge in [0.25, 0.3) is 0 Å². The third-order valence-electron chi connectivity index (χ3n) is 4.48. The summed E-state index contributed by atoms with van der Waals surface area (Å²) in [5.74, 6) is 0.467. The molecule has 1 aliphatic carbocycles. The lowest BCUT2D eigenvalue weighted by atomic mass is 10.0. The second kappa shape index (κ2) is 7.32.